The van der Waals surface area contributed by atoms with E-state index in [4.69, 9.17) is 10.6 Å². The highest BCUT2D eigenvalue weighted by molar-refractivity contribution is 8.00. The van der Waals surface area contributed by atoms with Crippen LogP contribution in [-0.4, -0.2) is 55.7 Å². The molecule has 1 fully saturated rings. The Labute approximate surface area is 273 Å². The molecule has 12 heteroatoms. The molecule has 0 bridgehead atoms. The molecule has 4 N–H and O–H groups in total. The molecule has 3 aromatic carbocycles. The zero-order valence-electron chi connectivity index (χ0n) is 24.6. The molecule has 46 heavy (non-hydrogen) atoms. The van der Waals surface area contributed by atoms with Crippen molar-refractivity contribution in [3.63, 3.8) is 0 Å². The lowest BCUT2D eigenvalue weighted by Crippen LogP contribution is -2.71. The van der Waals surface area contributed by atoms with Crippen LogP contribution in [0.25, 0.3) is 0 Å². The molecule has 1 aromatic heterocycles. The van der Waals surface area contributed by atoms with Crippen molar-refractivity contribution in [2.75, 3.05) is 11.5 Å². The maximum atomic E-state index is 14.0. The smallest absolute Gasteiger partial charge is 0.352 e. The second-order valence-electron chi connectivity index (χ2n) is 10.4. The fourth-order valence-electron chi connectivity index (χ4n) is 5.57. The van der Waals surface area contributed by atoms with Gasteiger partial charge in [-0.2, -0.15) is 0 Å². The van der Waals surface area contributed by atoms with E-state index in [1.54, 1.807) is 24.5 Å². The van der Waals surface area contributed by atoms with E-state index < -0.39 is 34.8 Å². The van der Waals surface area contributed by atoms with Gasteiger partial charge >= 0.3 is 5.97 Å². The summed E-state index contributed by atoms with van der Waals surface area (Å²) >= 11 is 2.50. The molecule has 2 amide bonds. The SMILES string of the molecule is C/C=C\C1=C(C(=O)O)N2C(=O)C(NC(=O)/C(=N\OC(c3ccccc3)(c3ccccc3)c3ccccc3)c3csc(N)n3)[C@H]2SC1. The Kier molecular flexibility index (Phi) is 8.73. The number of carboxylic acids is 1. The monoisotopic (exact) mass is 651 g/mol. The quantitative estimate of drug-likeness (QED) is 0.0964. The van der Waals surface area contributed by atoms with Gasteiger partial charge in [0.25, 0.3) is 11.8 Å². The number of hydrogen-bond acceptors (Lipinski definition) is 9. The molecule has 4 aromatic rings. The summed E-state index contributed by atoms with van der Waals surface area (Å²) in [4.78, 5) is 51.4. The summed E-state index contributed by atoms with van der Waals surface area (Å²) in [6, 6.07) is 27.7. The lowest BCUT2D eigenvalue weighted by atomic mass is 9.80. The molecule has 3 heterocycles. The number of hydrogen-bond donors (Lipinski definition) is 3. The predicted octanol–water partition coefficient (Wildman–Crippen LogP) is 4.75. The fraction of sp³-hybridized carbons (Fsp3) is 0.147. The number of carboxylic acid groups (broad SMARTS) is 1. The maximum absolute atomic E-state index is 14.0. The molecule has 2 aliphatic rings. The Bertz CT molecular complexity index is 1760. The highest BCUT2D eigenvalue weighted by Crippen LogP contribution is 2.42. The van der Waals surface area contributed by atoms with Gasteiger partial charge < -0.3 is 21.0 Å². The van der Waals surface area contributed by atoms with E-state index in [2.05, 4.69) is 15.5 Å². The lowest BCUT2D eigenvalue weighted by Gasteiger charge is -2.49. The number of fused-ring (bicyclic) bond motifs is 1. The average molecular weight is 652 g/mol. The summed E-state index contributed by atoms with van der Waals surface area (Å²) in [5.74, 6) is -2.08. The summed E-state index contributed by atoms with van der Waals surface area (Å²) in [5.41, 5.74) is 7.41. The van der Waals surface area contributed by atoms with Crippen LogP contribution in [0.4, 0.5) is 5.13 Å². The number of amides is 2. The summed E-state index contributed by atoms with van der Waals surface area (Å²) in [6.45, 7) is 1.78. The second-order valence-corrected chi connectivity index (χ2v) is 12.4. The van der Waals surface area contributed by atoms with E-state index in [0.717, 1.165) is 28.0 Å². The van der Waals surface area contributed by atoms with Crippen LogP contribution in [0.2, 0.25) is 0 Å². The first-order chi connectivity index (χ1) is 22.3. The van der Waals surface area contributed by atoms with Crippen molar-refractivity contribution in [1.29, 1.82) is 0 Å². The van der Waals surface area contributed by atoms with E-state index in [1.165, 1.54) is 16.7 Å². The number of benzene rings is 3. The molecule has 0 saturated carbocycles. The first-order valence-corrected chi connectivity index (χ1v) is 16.3. The van der Waals surface area contributed by atoms with Crippen LogP contribution in [0.5, 0.6) is 0 Å². The third kappa shape index (κ3) is 5.57. The number of thiazole rings is 1. The molecule has 0 aliphatic carbocycles. The molecule has 232 valence electrons. The molecule has 10 nitrogen and oxygen atoms in total. The van der Waals surface area contributed by atoms with Crippen molar-refractivity contribution < 1.29 is 24.3 Å². The Hall–Kier alpha value is -5.20. The first kappa shape index (κ1) is 30.8. The summed E-state index contributed by atoms with van der Waals surface area (Å²) in [5, 5.41) is 18.3. The van der Waals surface area contributed by atoms with E-state index in [9.17, 15) is 19.5 Å². The Morgan fingerprint density at radius 1 is 1.02 bits per heavy atom. The van der Waals surface area contributed by atoms with E-state index in [-0.39, 0.29) is 22.2 Å². The van der Waals surface area contributed by atoms with Gasteiger partial charge in [0.2, 0.25) is 5.60 Å². The van der Waals surface area contributed by atoms with Gasteiger partial charge in [-0.15, -0.1) is 23.1 Å². The molecule has 2 atom stereocenters. The lowest BCUT2D eigenvalue weighted by molar-refractivity contribution is -0.150. The van der Waals surface area contributed by atoms with Gasteiger partial charge in [0.15, 0.2) is 10.8 Å². The van der Waals surface area contributed by atoms with Crippen LogP contribution in [0, 0.1) is 0 Å². The highest BCUT2D eigenvalue weighted by atomic mass is 32.2. The summed E-state index contributed by atoms with van der Waals surface area (Å²) < 4.78 is 0. The van der Waals surface area contributed by atoms with Gasteiger partial charge in [0, 0.05) is 27.8 Å². The molecule has 0 radical (unpaired) electrons. The number of carbonyl (C=O) groups is 3. The number of allylic oxidation sites excluding steroid dienone is 2. The van der Waals surface area contributed by atoms with Crippen molar-refractivity contribution in [1.82, 2.24) is 15.2 Å². The van der Waals surface area contributed by atoms with Crippen LogP contribution in [0.3, 0.4) is 0 Å². The molecule has 0 spiro atoms. The number of nitrogens with two attached hydrogens (primary N) is 1. The van der Waals surface area contributed by atoms with Gasteiger partial charge in [0.05, 0.1) is 0 Å². The minimum absolute atomic E-state index is 0.0831. The van der Waals surface area contributed by atoms with Crippen LogP contribution >= 0.6 is 23.1 Å². The van der Waals surface area contributed by atoms with Crippen molar-refractivity contribution in [3.05, 3.63) is 142 Å². The van der Waals surface area contributed by atoms with E-state index in [1.807, 2.05) is 91.0 Å². The van der Waals surface area contributed by atoms with Gasteiger partial charge in [-0.1, -0.05) is 108 Å². The normalized spacial score (nSPS) is 18.2. The van der Waals surface area contributed by atoms with Crippen molar-refractivity contribution in [2.45, 2.75) is 23.9 Å². The maximum Gasteiger partial charge on any atom is 0.352 e. The minimum Gasteiger partial charge on any atom is -0.477 e. The van der Waals surface area contributed by atoms with Gasteiger partial charge in [0.1, 0.15) is 22.8 Å². The molecular formula is C34H29N5O5S2. The number of anilines is 1. The average Bonchev–Trinajstić information content (AvgIpc) is 3.52. The topological polar surface area (TPSA) is 147 Å². The van der Waals surface area contributed by atoms with Crippen LogP contribution < -0.4 is 11.1 Å². The molecule has 2 aliphatic heterocycles. The number of rotatable bonds is 10. The Morgan fingerprint density at radius 2 is 1.59 bits per heavy atom. The Balaban J connectivity index is 1.40. The molecule has 1 unspecified atom stereocenters. The van der Waals surface area contributed by atoms with Crippen molar-refractivity contribution in [2.24, 2.45) is 5.16 Å². The van der Waals surface area contributed by atoms with E-state index in [0.29, 0.717) is 11.3 Å². The molecular weight excluding hydrogens is 623 g/mol. The van der Waals surface area contributed by atoms with Gasteiger partial charge in [-0.25, -0.2) is 9.78 Å². The third-order valence-corrected chi connectivity index (χ3v) is 9.63. The number of nitrogens with one attached hydrogen (secondary N) is 1. The second kappa shape index (κ2) is 13.0. The first-order valence-electron chi connectivity index (χ1n) is 14.3. The number of nitrogens with zero attached hydrogens (tertiary/aromatic N) is 3. The number of aromatic nitrogens is 1. The number of aliphatic carboxylic acids is 1. The summed E-state index contributed by atoms with van der Waals surface area (Å²) in [7, 11) is 0. The van der Waals surface area contributed by atoms with Gasteiger partial charge in [-0.3, -0.25) is 14.5 Å². The number of nitrogen functional groups attached to an aromatic ring is 1. The van der Waals surface area contributed by atoms with Crippen LogP contribution in [-0.2, 0) is 24.8 Å². The highest BCUT2D eigenvalue weighted by Gasteiger charge is 2.54. The zero-order chi connectivity index (χ0) is 32.3. The van der Waals surface area contributed by atoms with Gasteiger partial charge in [-0.05, 0) is 12.5 Å². The molecule has 1 saturated heterocycles. The number of thioether (sulfide) groups is 1. The van der Waals surface area contributed by atoms with Crippen molar-refractivity contribution in [3.8, 4) is 0 Å². The summed E-state index contributed by atoms with van der Waals surface area (Å²) in [6.07, 6.45) is 3.41. The number of oxime groups is 1. The standard InChI is InChI=1S/C34H29N5O5S2/c1-2-12-21-19-45-31-27(30(41)39(31)28(21)32(42)43)37-29(40)26(25-20-46-33(35)36-25)38-44-34(22-13-6-3-7-14-22,23-15-8-4-9-16-23)24-17-10-5-11-18-24/h2-18,20,27,31H,19H2,1H3,(H2,35,36)(H,37,40)(H,42,43)/b12-2-,38-26-/t27?,31-/m1/s1. The Morgan fingerprint density at radius 3 is 2.07 bits per heavy atom. The van der Waals surface area contributed by atoms with E-state index >= 15 is 0 Å². The largest absolute Gasteiger partial charge is 0.477 e. The predicted molar refractivity (Wildman–Crippen MR) is 178 cm³/mol. The fourth-order valence-corrected chi connectivity index (χ4v) is 7.44. The molecule has 6 rings (SSSR count). The van der Waals surface area contributed by atoms with Crippen molar-refractivity contribution >= 4 is 51.7 Å². The number of carbonyl (C=O) groups excluding carboxylic acids is 2. The minimum atomic E-state index is -1.27. The van der Waals surface area contributed by atoms with Crippen LogP contribution in [0.1, 0.15) is 29.3 Å². The zero-order valence-corrected chi connectivity index (χ0v) is 26.2. The van der Waals surface area contributed by atoms with Crippen LogP contribution in [0.15, 0.2) is 125 Å². The third-order valence-electron chi connectivity index (χ3n) is 7.65. The number of β-lactam (4-membered cyclic amide) rings is 1.